The summed E-state index contributed by atoms with van der Waals surface area (Å²) in [5.74, 6) is -0.358. The molecule has 0 aromatic heterocycles. The first-order chi connectivity index (χ1) is 3.56. The van der Waals surface area contributed by atoms with Crippen LogP contribution in [0.1, 0.15) is 6.42 Å². The molecule has 2 N–H and O–H groups in total. The van der Waals surface area contributed by atoms with Crippen molar-refractivity contribution >= 4 is 10.1 Å². The van der Waals surface area contributed by atoms with E-state index in [1.165, 1.54) is 0 Å². The monoisotopic (exact) mass is 140 g/mol. The molecule has 0 aromatic rings. The molecule has 0 radical (unpaired) electrons. The summed E-state index contributed by atoms with van der Waals surface area (Å²) in [6.45, 7) is -0.209. The molecule has 8 heavy (non-hydrogen) atoms. The van der Waals surface area contributed by atoms with Crippen molar-refractivity contribution in [3.8, 4) is 0 Å². The summed E-state index contributed by atoms with van der Waals surface area (Å²) >= 11 is 0. The van der Waals surface area contributed by atoms with Gasteiger partial charge in [-0.1, -0.05) is 0 Å². The van der Waals surface area contributed by atoms with Crippen LogP contribution >= 0.6 is 0 Å². The Balaban J connectivity index is 3.42. The lowest BCUT2D eigenvalue weighted by molar-refractivity contribution is 0.294. The van der Waals surface area contributed by atoms with E-state index < -0.39 is 10.1 Å². The maximum atomic E-state index is 9.83. The summed E-state index contributed by atoms with van der Waals surface area (Å²) in [5, 5.41) is 8.05. The van der Waals surface area contributed by atoms with Crippen molar-refractivity contribution in [2.45, 2.75) is 6.42 Å². The van der Waals surface area contributed by atoms with Crippen molar-refractivity contribution in [1.29, 1.82) is 0 Å². The molecule has 4 nitrogen and oxygen atoms in total. The predicted molar refractivity (Wildman–Crippen MR) is 28.1 cm³/mol. The third-order valence-corrected chi connectivity index (χ3v) is 1.36. The van der Waals surface area contributed by atoms with Gasteiger partial charge in [-0.25, -0.2) is 0 Å². The van der Waals surface area contributed by atoms with Gasteiger partial charge in [-0.15, -0.1) is 0 Å². The lowest BCUT2D eigenvalue weighted by Crippen LogP contribution is -2.04. The first-order valence-electron chi connectivity index (χ1n) is 2.12. The standard InChI is InChI=1S/C3H8O4S/c4-2-1-3-8(5,6)7/h4H,1-3H2,(H,5,6,7). The van der Waals surface area contributed by atoms with Gasteiger partial charge in [-0.05, 0) is 6.42 Å². The van der Waals surface area contributed by atoms with Crippen molar-refractivity contribution in [3.05, 3.63) is 0 Å². The van der Waals surface area contributed by atoms with Gasteiger partial charge in [-0.3, -0.25) is 4.55 Å². The second-order valence-corrected chi connectivity index (χ2v) is 2.94. The van der Waals surface area contributed by atoms with Crippen molar-refractivity contribution in [1.82, 2.24) is 0 Å². The number of aliphatic hydroxyl groups is 1. The molecule has 0 fully saturated rings. The van der Waals surface area contributed by atoms with Crippen LogP contribution in [0, 0.1) is 0 Å². The van der Waals surface area contributed by atoms with Gasteiger partial charge in [-0.2, -0.15) is 8.42 Å². The summed E-state index contributed by atoms with van der Waals surface area (Å²) in [5.41, 5.74) is 0. The molecule has 0 aliphatic rings. The van der Waals surface area contributed by atoms with Crippen molar-refractivity contribution < 1.29 is 18.1 Å². The molecule has 0 atom stereocenters. The highest BCUT2D eigenvalue weighted by atomic mass is 32.2. The fourth-order valence-corrected chi connectivity index (χ4v) is 0.741. The van der Waals surface area contributed by atoms with Crippen molar-refractivity contribution in [3.63, 3.8) is 0 Å². The Bertz CT molecular complexity index is 135. The quantitative estimate of drug-likeness (QED) is 0.506. The topological polar surface area (TPSA) is 74.6 Å². The molecule has 0 aliphatic heterocycles. The lowest BCUT2D eigenvalue weighted by Gasteiger charge is -1.89. The molecular formula is C3H8O4S. The summed E-state index contributed by atoms with van der Waals surface area (Å²) in [6, 6.07) is 0. The highest BCUT2D eigenvalue weighted by molar-refractivity contribution is 7.85. The van der Waals surface area contributed by atoms with Gasteiger partial charge in [0.05, 0.1) is 5.75 Å². The Kier molecular flexibility index (Phi) is 2.96. The molecular weight excluding hydrogens is 132 g/mol. The second kappa shape index (κ2) is 3.01. The molecule has 50 valence electrons. The number of hydrogen-bond donors (Lipinski definition) is 2. The van der Waals surface area contributed by atoms with Crippen LogP contribution in [0.4, 0.5) is 0 Å². The summed E-state index contributed by atoms with van der Waals surface area (Å²) in [7, 11) is -3.85. The number of hydrogen-bond acceptors (Lipinski definition) is 3. The molecule has 0 spiro atoms. The van der Waals surface area contributed by atoms with E-state index >= 15 is 0 Å². The summed E-state index contributed by atoms with van der Waals surface area (Å²) < 4.78 is 27.7. The van der Waals surface area contributed by atoms with E-state index in [0.29, 0.717) is 0 Å². The van der Waals surface area contributed by atoms with Crippen LogP contribution in [0.15, 0.2) is 0 Å². The Labute approximate surface area is 47.9 Å². The number of aliphatic hydroxyl groups excluding tert-OH is 1. The Morgan fingerprint density at radius 1 is 1.38 bits per heavy atom. The molecule has 0 saturated heterocycles. The first-order valence-corrected chi connectivity index (χ1v) is 3.73. The number of rotatable bonds is 3. The van der Waals surface area contributed by atoms with E-state index in [1.807, 2.05) is 0 Å². The van der Waals surface area contributed by atoms with E-state index in [4.69, 9.17) is 9.66 Å². The maximum Gasteiger partial charge on any atom is 0.264 e. The molecule has 0 unspecified atom stereocenters. The minimum absolute atomic E-state index is 0.0961. The van der Waals surface area contributed by atoms with Gasteiger partial charge in [0.2, 0.25) is 0 Å². The maximum absolute atomic E-state index is 9.83. The molecule has 0 saturated carbocycles. The van der Waals surface area contributed by atoms with E-state index in [9.17, 15) is 8.42 Å². The second-order valence-electron chi connectivity index (χ2n) is 1.36. The Hall–Kier alpha value is -0.130. The average Bonchev–Trinajstić information content (AvgIpc) is 1.59. The van der Waals surface area contributed by atoms with Crippen LogP contribution in [-0.2, 0) is 10.1 Å². The van der Waals surface area contributed by atoms with Crippen LogP contribution < -0.4 is 0 Å². The molecule has 0 amide bonds. The van der Waals surface area contributed by atoms with Gasteiger partial charge in [0.15, 0.2) is 0 Å². The first kappa shape index (κ1) is 7.87. The van der Waals surface area contributed by atoms with Gasteiger partial charge >= 0.3 is 0 Å². The fourth-order valence-electron chi connectivity index (χ4n) is 0.247. The van der Waals surface area contributed by atoms with Gasteiger partial charge in [0.25, 0.3) is 10.1 Å². The minimum atomic E-state index is -3.85. The minimum Gasteiger partial charge on any atom is -0.396 e. The molecule has 0 heterocycles. The van der Waals surface area contributed by atoms with Crippen LogP contribution in [0.2, 0.25) is 0 Å². The fraction of sp³-hybridized carbons (Fsp3) is 1.00. The normalized spacial score (nSPS) is 11.8. The third-order valence-electron chi connectivity index (χ3n) is 0.560. The highest BCUT2D eigenvalue weighted by Crippen LogP contribution is 1.84. The van der Waals surface area contributed by atoms with Crippen LogP contribution in [0.25, 0.3) is 0 Å². The van der Waals surface area contributed by atoms with E-state index in [0.717, 1.165) is 0 Å². The Morgan fingerprint density at radius 3 is 2.00 bits per heavy atom. The van der Waals surface area contributed by atoms with E-state index in [-0.39, 0.29) is 18.8 Å². The van der Waals surface area contributed by atoms with Gasteiger partial charge < -0.3 is 5.11 Å². The SMILES string of the molecule is O=S(=O)(O)CCCO. The van der Waals surface area contributed by atoms with Crippen LogP contribution in [0.3, 0.4) is 0 Å². The average molecular weight is 140 g/mol. The smallest absolute Gasteiger partial charge is 0.264 e. The third kappa shape index (κ3) is 5.87. The molecule has 0 aliphatic carbocycles. The van der Waals surface area contributed by atoms with E-state index in [2.05, 4.69) is 0 Å². The largest absolute Gasteiger partial charge is 0.396 e. The predicted octanol–water partition coefficient (Wildman–Crippen LogP) is -0.743. The molecule has 0 aromatic carbocycles. The zero-order valence-corrected chi connectivity index (χ0v) is 5.06. The van der Waals surface area contributed by atoms with Gasteiger partial charge in [0.1, 0.15) is 0 Å². The molecule has 0 rings (SSSR count). The van der Waals surface area contributed by atoms with Gasteiger partial charge in [0, 0.05) is 6.61 Å². The summed E-state index contributed by atoms with van der Waals surface area (Å²) in [6.07, 6.45) is 0.0961. The lowest BCUT2D eigenvalue weighted by atomic mass is 10.5. The van der Waals surface area contributed by atoms with Crippen LogP contribution in [-0.4, -0.2) is 30.4 Å². The van der Waals surface area contributed by atoms with Crippen molar-refractivity contribution in [2.24, 2.45) is 0 Å². The Morgan fingerprint density at radius 2 is 1.88 bits per heavy atom. The van der Waals surface area contributed by atoms with Crippen molar-refractivity contribution in [2.75, 3.05) is 12.4 Å². The zero-order valence-electron chi connectivity index (χ0n) is 4.24. The highest BCUT2D eigenvalue weighted by Gasteiger charge is 2.00. The van der Waals surface area contributed by atoms with Crippen LogP contribution in [0.5, 0.6) is 0 Å². The summed E-state index contributed by atoms with van der Waals surface area (Å²) in [4.78, 5) is 0. The molecule has 5 heteroatoms. The zero-order chi connectivity index (χ0) is 6.62. The van der Waals surface area contributed by atoms with E-state index in [1.54, 1.807) is 0 Å². The molecule has 0 bridgehead atoms.